The van der Waals surface area contributed by atoms with Gasteiger partial charge in [0.2, 0.25) is 5.88 Å². The van der Waals surface area contributed by atoms with Crippen LogP contribution in [-0.2, 0) is 0 Å². The molecule has 1 heterocycles. The van der Waals surface area contributed by atoms with Gasteiger partial charge in [0.25, 0.3) is 0 Å². The van der Waals surface area contributed by atoms with Crippen LogP contribution < -0.4 is 10.1 Å². The van der Waals surface area contributed by atoms with E-state index >= 15 is 0 Å². The summed E-state index contributed by atoms with van der Waals surface area (Å²) in [6.07, 6.45) is 5.09. The van der Waals surface area contributed by atoms with Crippen LogP contribution in [0.15, 0.2) is 18.2 Å². The Hall–Kier alpha value is -1.25. The Balaban J connectivity index is 1.93. The molecule has 0 atom stereocenters. The van der Waals surface area contributed by atoms with Gasteiger partial charge < -0.3 is 10.1 Å². The highest BCUT2D eigenvalue weighted by Gasteiger charge is 2.27. The summed E-state index contributed by atoms with van der Waals surface area (Å²) in [6, 6.07) is 5.85. The molecular weight excluding hydrogens is 212 g/mol. The van der Waals surface area contributed by atoms with Gasteiger partial charge in [0.15, 0.2) is 0 Å². The number of hydrogen-bond acceptors (Lipinski definition) is 3. The van der Waals surface area contributed by atoms with Crippen molar-refractivity contribution >= 4 is 5.82 Å². The van der Waals surface area contributed by atoms with Gasteiger partial charge in [-0.15, -0.1) is 0 Å². The van der Waals surface area contributed by atoms with Crippen LogP contribution in [0.25, 0.3) is 0 Å². The summed E-state index contributed by atoms with van der Waals surface area (Å²) in [5.74, 6) is 1.60. The number of nitrogens with one attached hydrogen (secondary N) is 1. The van der Waals surface area contributed by atoms with E-state index in [-0.39, 0.29) is 0 Å². The molecule has 1 aliphatic carbocycles. The van der Waals surface area contributed by atoms with E-state index in [0.29, 0.717) is 11.5 Å². The highest BCUT2D eigenvalue weighted by Crippen LogP contribution is 2.36. The molecule has 1 N–H and O–H groups in total. The zero-order valence-corrected chi connectivity index (χ0v) is 11.0. The van der Waals surface area contributed by atoms with Crippen molar-refractivity contribution < 1.29 is 4.74 Å². The fraction of sp³-hybridized carbons (Fsp3) is 0.643. The van der Waals surface area contributed by atoms with E-state index in [1.54, 1.807) is 0 Å². The van der Waals surface area contributed by atoms with Crippen molar-refractivity contribution in [1.82, 2.24) is 4.98 Å². The minimum atomic E-state index is 0.336. The molecule has 0 amide bonds. The standard InChI is InChI=1S/C14H22N2O/c1-14(2)9-7-11(8-10-14)17-13-6-4-5-12(15-3)16-13/h4-6,11H,7-10H2,1-3H3,(H,15,16). The fourth-order valence-corrected chi connectivity index (χ4v) is 2.28. The van der Waals surface area contributed by atoms with Gasteiger partial charge >= 0.3 is 0 Å². The van der Waals surface area contributed by atoms with Gasteiger partial charge in [-0.25, -0.2) is 0 Å². The van der Waals surface area contributed by atoms with Crippen LogP contribution in [0, 0.1) is 5.41 Å². The van der Waals surface area contributed by atoms with Crippen molar-refractivity contribution in [3.8, 4) is 5.88 Å². The molecule has 0 spiro atoms. The van der Waals surface area contributed by atoms with Gasteiger partial charge in [-0.05, 0) is 37.2 Å². The molecule has 1 fully saturated rings. The molecule has 0 radical (unpaired) electrons. The normalized spacial score (nSPS) is 19.9. The second-order valence-electron chi connectivity index (χ2n) is 5.59. The van der Waals surface area contributed by atoms with Crippen molar-refractivity contribution in [3.63, 3.8) is 0 Å². The van der Waals surface area contributed by atoms with Crippen LogP contribution in [0.5, 0.6) is 5.88 Å². The van der Waals surface area contributed by atoms with E-state index < -0.39 is 0 Å². The zero-order valence-electron chi connectivity index (χ0n) is 11.0. The van der Waals surface area contributed by atoms with Crippen LogP contribution in [0.3, 0.4) is 0 Å². The molecule has 1 aromatic rings. The van der Waals surface area contributed by atoms with Crippen LogP contribution in [0.4, 0.5) is 5.82 Å². The molecule has 0 aromatic carbocycles. The molecule has 0 aliphatic heterocycles. The lowest BCUT2D eigenvalue weighted by Crippen LogP contribution is -2.28. The summed E-state index contributed by atoms with van der Waals surface area (Å²) < 4.78 is 5.94. The van der Waals surface area contributed by atoms with Gasteiger partial charge in [0.05, 0.1) is 0 Å². The predicted octanol–water partition coefficient (Wildman–Crippen LogP) is 3.47. The Bertz CT molecular complexity index is 366. The maximum Gasteiger partial charge on any atom is 0.215 e. The van der Waals surface area contributed by atoms with Crippen LogP contribution in [-0.4, -0.2) is 18.1 Å². The minimum Gasteiger partial charge on any atom is -0.474 e. The summed E-state index contributed by atoms with van der Waals surface area (Å²) in [5, 5.41) is 3.03. The zero-order chi connectivity index (χ0) is 12.3. The third-order valence-corrected chi connectivity index (χ3v) is 3.55. The average Bonchev–Trinajstić information content (AvgIpc) is 2.32. The summed E-state index contributed by atoms with van der Waals surface area (Å²) in [7, 11) is 1.87. The van der Waals surface area contributed by atoms with Crippen molar-refractivity contribution in [3.05, 3.63) is 18.2 Å². The first-order chi connectivity index (χ1) is 8.09. The minimum absolute atomic E-state index is 0.336. The Morgan fingerprint density at radius 2 is 2.00 bits per heavy atom. The van der Waals surface area contributed by atoms with Crippen molar-refractivity contribution in [2.75, 3.05) is 12.4 Å². The van der Waals surface area contributed by atoms with E-state index in [2.05, 4.69) is 24.1 Å². The topological polar surface area (TPSA) is 34.1 Å². The summed E-state index contributed by atoms with van der Waals surface area (Å²) in [6.45, 7) is 4.67. The molecule has 1 aliphatic rings. The first kappa shape index (κ1) is 12.2. The summed E-state index contributed by atoms with van der Waals surface area (Å²) in [4.78, 5) is 4.39. The van der Waals surface area contributed by atoms with E-state index in [4.69, 9.17) is 4.74 Å². The lowest BCUT2D eigenvalue weighted by molar-refractivity contribution is 0.0950. The molecule has 3 heteroatoms. The molecule has 17 heavy (non-hydrogen) atoms. The number of rotatable bonds is 3. The molecule has 0 bridgehead atoms. The number of aromatic nitrogens is 1. The molecule has 3 nitrogen and oxygen atoms in total. The van der Waals surface area contributed by atoms with Gasteiger partial charge in [0, 0.05) is 13.1 Å². The first-order valence-corrected chi connectivity index (χ1v) is 6.40. The molecular formula is C14H22N2O. The Morgan fingerprint density at radius 3 is 2.65 bits per heavy atom. The third kappa shape index (κ3) is 3.35. The number of nitrogens with zero attached hydrogens (tertiary/aromatic N) is 1. The van der Waals surface area contributed by atoms with Crippen molar-refractivity contribution in [2.45, 2.75) is 45.6 Å². The summed E-state index contributed by atoms with van der Waals surface area (Å²) in [5.41, 5.74) is 0.486. The first-order valence-electron chi connectivity index (χ1n) is 6.40. The van der Waals surface area contributed by atoms with E-state index in [1.807, 2.05) is 25.2 Å². The second-order valence-corrected chi connectivity index (χ2v) is 5.59. The van der Waals surface area contributed by atoms with Gasteiger partial charge in [-0.1, -0.05) is 19.9 Å². The quantitative estimate of drug-likeness (QED) is 0.869. The lowest BCUT2D eigenvalue weighted by Gasteiger charge is -2.34. The number of pyridine rings is 1. The van der Waals surface area contributed by atoms with Crippen LogP contribution in [0.2, 0.25) is 0 Å². The van der Waals surface area contributed by atoms with Crippen LogP contribution in [0.1, 0.15) is 39.5 Å². The SMILES string of the molecule is CNc1cccc(OC2CCC(C)(C)CC2)n1. The van der Waals surface area contributed by atoms with Crippen LogP contribution >= 0.6 is 0 Å². The van der Waals surface area contributed by atoms with E-state index in [9.17, 15) is 0 Å². The molecule has 0 saturated heterocycles. The summed E-state index contributed by atoms with van der Waals surface area (Å²) >= 11 is 0. The Kier molecular flexibility index (Phi) is 3.55. The molecule has 1 aromatic heterocycles. The molecule has 1 saturated carbocycles. The number of hydrogen-bond donors (Lipinski definition) is 1. The van der Waals surface area contributed by atoms with Gasteiger partial charge in [-0.3, -0.25) is 0 Å². The van der Waals surface area contributed by atoms with Crippen molar-refractivity contribution in [2.24, 2.45) is 5.41 Å². The maximum absolute atomic E-state index is 5.94. The highest BCUT2D eigenvalue weighted by molar-refractivity contribution is 5.36. The highest BCUT2D eigenvalue weighted by atomic mass is 16.5. The van der Waals surface area contributed by atoms with E-state index in [1.165, 1.54) is 12.8 Å². The largest absolute Gasteiger partial charge is 0.474 e. The predicted molar refractivity (Wildman–Crippen MR) is 70.4 cm³/mol. The second kappa shape index (κ2) is 4.94. The molecule has 2 rings (SSSR count). The number of ether oxygens (including phenoxy) is 1. The smallest absolute Gasteiger partial charge is 0.215 e. The fourth-order valence-electron chi connectivity index (χ4n) is 2.28. The monoisotopic (exact) mass is 234 g/mol. The molecule has 0 unspecified atom stereocenters. The maximum atomic E-state index is 5.94. The van der Waals surface area contributed by atoms with Gasteiger partial charge in [0.1, 0.15) is 11.9 Å². The Morgan fingerprint density at radius 1 is 1.29 bits per heavy atom. The third-order valence-electron chi connectivity index (χ3n) is 3.55. The van der Waals surface area contributed by atoms with E-state index in [0.717, 1.165) is 24.5 Å². The molecule has 94 valence electrons. The number of anilines is 1. The Labute approximate surface area is 104 Å². The van der Waals surface area contributed by atoms with Crippen molar-refractivity contribution in [1.29, 1.82) is 0 Å². The van der Waals surface area contributed by atoms with Gasteiger partial charge in [-0.2, -0.15) is 4.98 Å². The lowest BCUT2D eigenvalue weighted by atomic mass is 9.76. The average molecular weight is 234 g/mol.